The fraction of sp³-hybridized carbons (Fsp3) is 0.241. The molecule has 1 aliphatic heterocycles. The lowest BCUT2D eigenvalue weighted by Gasteiger charge is -2.26. The maximum absolute atomic E-state index is 13.9. The predicted octanol–water partition coefficient (Wildman–Crippen LogP) is 5.78. The molecule has 0 saturated carbocycles. The van der Waals surface area contributed by atoms with Gasteiger partial charge in [0.15, 0.2) is 11.5 Å². The number of para-hydroxylation sites is 1. The van der Waals surface area contributed by atoms with Gasteiger partial charge >= 0.3 is 0 Å². The summed E-state index contributed by atoms with van der Waals surface area (Å²) in [5, 5.41) is 7.58. The number of hydrogen-bond donors (Lipinski definition) is 2. The zero-order chi connectivity index (χ0) is 26.9. The molecule has 3 aromatic carbocycles. The van der Waals surface area contributed by atoms with Crippen LogP contribution < -0.4 is 25.1 Å². The minimum atomic E-state index is -0.310. The molecule has 1 fully saturated rings. The maximum atomic E-state index is 13.9. The number of ether oxygens (including phenoxy) is 2. The van der Waals surface area contributed by atoms with Crippen molar-refractivity contribution in [2.75, 3.05) is 35.8 Å². The van der Waals surface area contributed by atoms with Crippen LogP contribution in [0, 0.1) is 5.82 Å². The van der Waals surface area contributed by atoms with Gasteiger partial charge in [-0.3, -0.25) is 0 Å². The van der Waals surface area contributed by atoms with E-state index in [-0.39, 0.29) is 12.4 Å². The standard InChI is InChI=1S/C29H30FN7O2/c1-38-26-18-21(14-15-25(26)39-20-22-10-6-7-13-24(22)30)19-31-36-28-33-27(32-23-11-4-2-5-12-23)34-29(35-28)37-16-8-3-9-17-37/h2,4-7,10-15,18-19H,3,8-9,16-17,20H2,1H3,(H2,32,33,34,35,36)/b31-19+. The van der Waals surface area contributed by atoms with Crippen LogP contribution in [0.2, 0.25) is 0 Å². The van der Waals surface area contributed by atoms with Gasteiger partial charge in [0.25, 0.3) is 0 Å². The van der Waals surface area contributed by atoms with Crippen LogP contribution in [0.1, 0.15) is 30.4 Å². The number of methoxy groups -OCH3 is 1. The second-order valence-electron chi connectivity index (χ2n) is 8.98. The van der Waals surface area contributed by atoms with E-state index in [1.165, 1.54) is 12.5 Å². The summed E-state index contributed by atoms with van der Waals surface area (Å²) in [6.07, 6.45) is 5.06. The van der Waals surface area contributed by atoms with Crippen molar-refractivity contribution in [3.8, 4) is 11.5 Å². The molecule has 4 aromatic rings. The normalized spacial score (nSPS) is 13.3. The lowest BCUT2D eigenvalue weighted by molar-refractivity contribution is 0.279. The van der Waals surface area contributed by atoms with Crippen LogP contribution in [-0.4, -0.2) is 41.4 Å². The highest BCUT2D eigenvalue weighted by atomic mass is 19.1. The van der Waals surface area contributed by atoms with E-state index in [0.29, 0.717) is 34.9 Å². The molecule has 200 valence electrons. The first-order chi connectivity index (χ1) is 19.2. The highest BCUT2D eigenvalue weighted by Crippen LogP contribution is 2.29. The van der Waals surface area contributed by atoms with Gasteiger partial charge < -0.3 is 19.7 Å². The van der Waals surface area contributed by atoms with Crippen molar-refractivity contribution in [1.29, 1.82) is 0 Å². The summed E-state index contributed by atoms with van der Waals surface area (Å²) in [7, 11) is 1.55. The van der Waals surface area contributed by atoms with E-state index in [4.69, 9.17) is 9.47 Å². The van der Waals surface area contributed by atoms with Crippen LogP contribution in [0.5, 0.6) is 11.5 Å². The van der Waals surface area contributed by atoms with E-state index in [2.05, 4.69) is 35.7 Å². The van der Waals surface area contributed by atoms with Gasteiger partial charge in [-0.15, -0.1) is 0 Å². The van der Waals surface area contributed by atoms with E-state index in [0.717, 1.165) is 37.2 Å². The van der Waals surface area contributed by atoms with Crippen LogP contribution in [0.25, 0.3) is 0 Å². The van der Waals surface area contributed by atoms with Gasteiger partial charge in [-0.2, -0.15) is 20.1 Å². The van der Waals surface area contributed by atoms with Crippen molar-refractivity contribution >= 4 is 29.7 Å². The predicted molar refractivity (Wildman–Crippen MR) is 151 cm³/mol. The van der Waals surface area contributed by atoms with Gasteiger partial charge in [-0.25, -0.2) is 9.82 Å². The molecule has 0 atom stereocenters. The van der Waals surface area contributed by atoms with Crippen molar-refractivity contribution in [2.45, 2.75) is 25.9 Å². The highest BCUT2D eigenvalue weighted by Gasteiger charge is 2.16. The number of aromatic nitrogens is 3. The van der Waals surface area contributed by atoms with Crippen LogP contribution in [0.4, 0.5) is 27.9 Å². The van der Waals surface area contributed by atoms with E-state index in [9.17, 15) is 4.39 Å². The number of nitrogens with one attached hydrogen (secondary N) is 2. The summed E-state index contributed by atoms with van der Waals surface area (Å²) in [6.45, 7) is 1.90. The number of rotatable bonds is 10. The van der Waals surface area contributed by atoms with Crippen LogP contribution >= 0.6 is 0 Å². The fourth-order valence-corrected chi connectivity index (χ4v) is 4.18. The van der Waals surface area contributed by atoms with Gasteiger partial charge in [0.05, 0.1) is 13.3 Å². The Morgan fingerprint density at radius 1 is 0.897 bits per heavy atom. The van der Waals surface area contributed by atoms with E-state index in [1.807, 2.05) is 36.4 Å². The third kappa shape index (κ3) is 6.98. The SMILES string of the molecule is COc1cc(/C=N/Nc2nc(Nc3ccccc3)nc(N3CCCCC3)n2)ccc1OCc1ccccc1F. The highest BCUT2D eigenvalue weighted by molar-refractivity contribution is 5.81. The van der Waals surface area contributed by atoms with E-state index >= 15 is 0 Å². The number of hydrogen-bond acceptors (Lipinski definition) is 9. The molecule has 39 heavy (non-hydrogen) atoms. The minimum Gasteiger partial charge on any atom is -0.493 e. The first-order valence-corrected chi connectivity index (χ1v) is 12.8. The van der Waals surface area contributed by atoms with Crippen LogP contribution in [0.15, 0.2) is 77.9 Å². The van der Waals surface area contributed by atoms with Crippen LogP contribution in [0.3, 0.4) is 0 Å². The number of anilines is 4. The van der Waals surface area contributed by atoms with Gasteiger partial charge in [0.2, 0.25) is 17.8 Å². The maximum Gasteiger partial charge on any atom is 0.250 e. The minimum absolute atomic E-state index is 0.0934. The van der Waals surface area contributed by atoms with Gasteiger partial charge in [0.1, 0.15) is 12.4 Å². The van der Waals surface area contributed by atoms with Crippen molar-refractivity contribution in [2.24, 2.45) is 5.10 Å². The zero-order valence-corrected chi connectivity index (χ0v) is 21.7. The lowest BCUT2D eigenvalue weighted by Crippen LogP contribution is -2.31. The molecular weight excluding hydrogens is 497 g/mol. The number of halogens is 1. The summed E-state index contributed by atoms with van der Waals surface area (Å²) in [5.41, 5.74) is 5.05. The topological polar surface area (TPSA) is 96.8 Å². The van der Waals surface area contributed by atoms with Gasteiger partial charge in [-0.1, -0.05) is 36.4 Å². The van der Waals surface area contributed by atoms with Crippen molar-refractivity contribution in [3.63, 3.8) is 0 Å². The summed E-state index contributed by atoms with van der Waals surface area (Å²) in [4.78, 5) is 15.9. The Balaban J connectivity index is 1.29. The summed E-state index contributed by atoms with van der Waals surface area (Å²) in [6, 6.07) is 21.7. The Morgan fingerprint density at radius 2 is 1.67 bits per heavy atom. The number of benzene rings is 3. The zero-order valence-electron chi connectivity index (χ0n) is 21.7. The smallest absolute Gasteiger partial charge is 0.250 e. The Hall–Kier alpha value is -4.73. The van der Waals surface area contributed by atoms with Gasteiger partial charge in [0, 0.05) is 24.3 Å². The molecule has 9 nitrogen and oxygen atoms in total. The van der Waals surface area contributed by atoms with E-state index < -0.39 is 0 Å². The average molecular weight is 528 g/mol. The summed E-state index contributed by atoms with van der Waals surface area (Å²) in [5.74, 6) is 2.09. The van der Waals surface area contributed by atoms with E-state index in [1.54, 1.807) is 43.7 Å². The molecule has 0 bridgehead atoms. The van der Waals surface area contributed by atoms with Gasteiger partial charge in [-0.05, 0) is 61.2 Å². The van der Waals surface area contributed by atoms with Crippen LogP contribution in [-0.2, 0) is 6.61 Å². The number of piperidine rings is 1. The molecule has 5 rings (SSSR count). The molecule has 0 aliphatic carbocycles. The first-order valence-electron chi connectivity index (χ1n) is 12.8. The molecule has 0 amide bonds. The largest absolute Gasteiger partial charge is 0.493 e. The Bertz CT molecular complexity index is 1410. The Labute approximate surface area is 226 Å². The molecule has 0 radical (unpaired) electrons. The fourth-order valence-electron chi connectivity index (χ4n) is 4.18. The number of hydrazone groups is 1. The van der Waals surface area contributed by atoms with Crippen molar-refractivity contribution in [3.05, 3.63) is 89.7 Å². The molecule has 0 spiro atoms. The molecule has 1 aliphatic rings. The van der Waals surface area contributed by atoms with Crippen molar-refractivity contribution in [1.82, 2.24) is 15.0 Å². The molecular formula is C29H30FN7O2. The lowest BCUT2D eigenvalue weighted by atomic mass is 10.1. The Kier molecular flexibility index (Phi) is 8.42. The molecule has 2 heterocycles. The second kappa shape index (κ2) is 12.7. The molecule has 1 aromatic heterocycles. The average Bonchev–Trinajstić information content (AvgIpc) is 2.98. The molecule has 10 heteroatoms. The number of nitrogens with zero attached hydrogens (tertiary/aromatic N) is 5. The molecule has 2 N–H and O–H groups in total. The monoisotopic (exact) mass is 527 g/mol. The summed E-state index contributed by atoms with van der Waals surface area (Å²) >= 11 is 0. The third-order valence-electron chi connectivity index (χ3n) is 6.20. The second-order valence-corrected chi connectivity index (χ2v) is 8.98. The van der Waals surface area contributed by atoms with Crippen molar-refractivity contribution < 1.29 is 13.9 Å². The Morgan fingerprint density at radius 3 is 2.46 bits per heavy atom. The summed E-state index contributed by atoms with van der Waals surface area (Å²) < 4.78 is 25.2. The molecule has 0 unspecified atom stereocenters. The molecule has 1 saturated heterocycles. The third-order valence-corrected chi connectivity index (χ3v) is 6.20. The first kappa shape index (κ1) is 25.9. The quantitative estimate of drug-likeness (QED) is 0.198.